The average Bonchev–Trinajstić information content (AvgIpc) is 3.17. The summed E-state index contributed by atoms with van der Waals surface area (Å²) in [5.41, 5.74) is 3.75. The molecule has 1 aliphatic carbocycles. The molecule has 0 spiro atoms. The molecule has 2 aromatic carbocycles. The summed E-state index contributed by atoms with van der Waals surface area (Å²) >= 11 is 0. The number of benzene rings is 2. The molecule has 1 aliphatic rings. The van der Waals surface area contributed by atoms with E-state index in [9.17, 15) is 14.4 Å². The number of rotatable bonds is 11. The van der Waals surface area contributed by atoms with Gasteiger partial charge in [0, 0.05) is 25.6 Å². The molecular formula is C27H34N2O5. The molecule has 2 N–H and O–H groups in total. The molecule has 0 saturated heterocycles. The highest BCUT2D eigenvalue weighted by Crippen LogP contribution is 2.44. The quantitative estimate of drug-likeness (QED) is 0.502. The molecule has 0 radical (unpaired) electrons. The topological polar surface area (TPSA) is 95.9 Å². The highest BCUT2D eigenvalue weighted by Gasteiger charge is 2.36. The van der Waals surface area contributed by atoms with Gasteiger partial charge in [-0.2, -0.15) is 0 Å². The number of carboxylic acid groups (broad SMARTS) is 1. The van der Waals surface area contributed by atoms with Crippen LogP contribution in [0.25, 0.3) is 11.1 Å². The fourth-order valence-corrected chi connectivity index (χ4v) is 4.47. The molecule has 0 aromatic heterocycles. The molecule has 3 rings (SSSR count). The van der Waals surface area contributed by atoms with Gasteiger partial charge >= 0.3 is 12.1 Å². The number of nitrogens with zero attached hydrogens (tertiary/aromatic N) is 1. The summed E-state index contributed by atoms with van der Waals surface area (Å²) in [6, 6.07) is 16.3. The third kappa shape index (κ3) is 5.58. The highest BCUT2D eigenvalue weighted by molar-refractivity contribution is 5.84. The predicted molar refractivity (Wildman–Crippen MR) is 131 cm³/mol. The first kappa shape index (κ1) is 25.3. The molecule has 1 atom stereocenters. The first-order valence-electron chi connectivity index (χ1n) is 11.9. The second kappa shape index (κ2) is 11.2. The van der Waals surface area contributed by atoms with E-state index in [0.717, 1.165) is 28.7 Å². The Morgan fingerprint density at radius 3 is 2.12 bits per heavy atom. The summed E-state index contributed by atoms with van der Waals surface area (Å²) in [7, 11) is 0. The van der Waals surface area contributed by atoms with Gasteiger partial charge in [0.15, 0.2) is 0 Å². The molecule has 7 nitrogen and oxygen atoms in total. The number of amides is 2. The van der Waals surface area contributed by atoms with Gasteiger partial charge in [-0.25, -0.2) is 4.79 Å². The summed E-state index contributed by atoms with van der Waals surface area (Å²) in [6.45, 7) is 6.58. The first-order valence-corrected chi connectivity index (χ1v) is 11.9. The molecule has 0 heterocycles. The van der Waals surface area contributed by atoms with Crippen LogP contribution in [0.15, 0.2) is 48.5 Å². The molecular weight excluding hydrogens is 432 g/mol. The minimum Gasteiger partial charge on any atom is -0.481 e. The van der Waals surface area contributed by atoms with Crippen molar-refractivity contribution in [1.29, 1.82) is 0 Å². The van der Waals surface area contributed by atoms with Crippen LogP contribution in [0.5, 0.6) is 0 Å². The molecule has 2 aromatic rings. The number of carbonyl (C=O) groups excluding carboxylic acids is 2. The van der Waals surface area contributed by atoms with Crippen molar-refractivity contribution in [1.82, 2.24) is 10.2 Å². The summed E-state index contributed by atoms with van der Waals surface area (Å²) < 4.78 is 5.59. The van der Waals surface area contributed by atoms with Crippen LogP contribution in [-0.2, 0) is 14.3 Å². The lowest BCUT2D eigenvalue weighted by Gasteiger charge is -2.33. The molecule has 1 unspecified atom stereocenters. The third-order valence-electron chi connectivity index (χ3n) is 6.64. The van der Waals surface area contributed by atoms with Crippen LogP contribution in [0.3, 0.4) is 0 Å². The monoisotopic (exact) mass is 466 g/mol. The number of carboxylic acids is 1. The lowest BCUT2D eigenvalue weighted by molar-refractivity contribution is -0.143. The molecule has 2 amide bonds. The SMILES string of the molecule is CCCN(CCC(=O)O)C(=O)C(C)(CC)CNC(=O)OCC1c2ccccc2-c2ccccc21. The van der Waals surface area contributed by atoms with E-state index in [-0.39, 0.29) is 37.9 Å². The van der Waals surface area contributed by atoms with Crippen molar-refractivity contribution in [2.75, 3.05) is 26.2 Å². The van der Waals surface area contributed by atoms with Crippen molar-refractivity contribution >= 4 is 18.0 Å². The van der Waals surface area contributed by atoms with E-state index in [0.29, 0.717) is 13.0 Å². The van der Waals surface area contributed by atoms with Crippen LogP contribution in [-0.4, -0.2) is 54.2 Å². The van der Waals surface area contributed by atoms with E-state index >= 15 is 0 Å². The van der Waals surface area contributed by atoms with E-state index in [1.54, 1.807) is 11.8 Å². The van der Waals surface area contributed by atoms with E-state index in [1.807, 2.05) is 38.1 Å². The molecule has 182 valence electrons. The zero-order valence-corrected chi connectivity index (χ0v) is 20.2. The molecule has 0 aliphatic heterocycles. The van der Waals surface area contributed by atoms with Crippen molar-refractivity contribution in [2.45, 2.75) is 46.0 Å². The van der Waals surface area contributed by atoms with Crippen molar-refractivity contribution in [3.05, 3.63) is 59.7 Å². The molecule has 0 bridgehead atoms. The number of hydrogen-bond donors (Lipinski definition) is 2. The Labute approximate surface area is 201 Å². The van der Waals surface area contributed by atoms with Gasteiger partial charge in [0.25, 0.3) is 0 Å². The number of alkyl carbamates (subject to hydrolysis) is 1. The Kier molecular flexibility index (Phi) is 8.31. The van der Waals surface area contributed by atoms with Crippen molar-refractivity contribution < 1.29 is 24.2 Å². The van der Waals surface area contributed by atoms with Gasteiger partial charge in [-0.1, -0.05) is 62.4 Å². The lowest BCUT2D eigenvalue weighted by atomic mass is 9.85. The molecule has 34 heavy (non-hydrogen) atoms. The summed E-state index contributed by atoms with van der Waals surface area (Å²) in [6.07, 6.45) is 0.556. The highest BCUT2D eigenvalue weighted by atomic mass is 16.5. The Morgan fingerprint density at radius 2 is 1.59 bits per heavy atom. The van der Waals surface area contributed by atoms with E-state index in [2.05, 4.69) is 29.6 Å². The zero-order valence-electron chi connectivity index (χ0n) is 20.2. The van der Waals surface area contributed by atoms with Gasteiger partial charge in [-0.05, 0) is 42.0 Å². The first-order chi connectivity index (χ1) is 16.3. The van der Waals surface area contributed by atoms with Crippen molar-refractivity contribution in [2.24, 2.45) is 5.41 Å². The van der Waals surface area contributed by atoms with E-state index < -0.39 is 17.5 Å². The van der Waals surface area contributed by atoms with E-state index in [4.69, 9.17) is 9.84 Å². The van der Waals surface area contributed by atoms with Crippen LogP contribution in [0, 0.1) is 5.41 Å². The Morgan fingerprint density at radius 1 is 1.00 bits per heavy atom. The van der Waals surface area contributed by atoms with Crippen LogP contribution in [0.4, 0.5) is 4.79 Å². The maximum Gasteiger partial charge on any atom is 0.407 e. The number of carbonyl (C=O) groups is 3. The van der Waals surface area contributed by atoms with Gasteiger partial charge in [-0.15, -0.1) is 0 Å². The van der Waals surface area contributed by atoms with Gasteiger partial charge in [0.2, 0.25) is 5.91 Å². The zero-order chi connectivity index (χ0) is 24.7. The third-order valence-corrected chi connectivity index (χ3v) is 6.64. The summed E-state index contributed by atoms with van der Waals surface area (Å²) in [5, 5.41) is 11.8. The molecule has 0 saturated carbocycles. The van der Waals surface area contributed by atoms with Gasteiger partial charge in [-0.3, -0.25) is 9.59 Å². The average molecular weight is 467 g/mol. The van der Waals surface area contributed by atoms with Crippen molar-refractivity contribution in [3.63, 3.8) is 0 Å². The largest absolute Gasteiger partial charge is 0.481 e. The van der Waals surface area contributed by atoms with Crippen LogP contribution < -0.4 is 5.32 Å². The lowest BCUT2D eigenvalue weighted by Crippen LogP contribution is -2.49. The number of aliphatic carboxylic acids is 1. The number of fused-ring (bicyclic) bond motifs is 3. The van der Waals surface area contributed by atoms with Gasteiger partial charge < -0.3 is 20.1 Å². The summed E-state index contributed by atoms with van der Waals surface area (Å²) in [5.74, 6) is -1.13. The Hall–Kier alpha value is -3.35. The minimum absolute atomic E-state index is 0.0339. The van der Waals surface area contributed by atoms with Crippen LogP contribution in [0.2, 0.25) is 0 Å². The fourth-order valence-electron chi connectivity index (χ4n) is 4.47. The maximum atomic E-state index is 13.2. The Balaban J connectivity index is 1.61. The fraction of sp³-hybridized carbons (Fsp3) is 0.444. The maximum absolute atomic E-state index is 13.2. The number of ether oxygens (including phenoxy) is 1. The number of nitrogens with one attached hydrogen (secondary N) is 1. The second-order valence-electron chi connectivity index (χ2n) is 9.03. The van der Waals surface area contributed by atoms with Crippen molar-refractivity contribution in [3.8, 4) is 11.1 Å². The van der Waals surface area contributed by atoms with Crippen LogP contribution in [0.1, 0.15) is 57.1 Å². The second-order valence-corrected chi connectivity index (χ2v) is 9.03. The molecule has 0 fully saturated rings. The number of hydrogen-bond acceptors (Lipinski definition) is 4. The summed E-state index contributed by atoms with van der Waals surface area (Å²) in [4.78, 5) is 38.3. The molecule has 7 heteroatoms. The standard InChI is InChI=1S/C27H34N2O5/c1-4-15-29(16-14-24(30)31)25(32)27(3,5-2)18-28-26(33)34-17-23-21-12-8-6-10-19(21)20-11-7-9-13-22(20)23/h6-13,23H,4-5,14-18H2,1-3H3,(H,28,33)(H,30,31). The predicted octanol–water partition coefficient (Wildman–Crippen LogP) is 4.65. The normalized spacial score (nSPS) is 14.0. The van der Waals surface area contributed by atoms with Gasteiger partial charge in [0.1, 0.15) is 6.61 Å². The van der Waals surface area contributed by atoms with E-state index in [1.165, 1.54) is 0 Å². The smallest absolute Gasteiger partial charge is 0.407 e. The Bertz CT molecular complexity index is 992. The van der Waals surface area contributed by atoms with Gasteiger partial charge in [0.05, 0.1) is 11.8 Å². The van der Waals surface area contributed by atoms with Crippen LogP contribution >= 0.6 is 0 Å². The minimum atomic E-state index is -0.941.